The molecule has 0 aliphatic heterocycles. The number of aryl methyl sites for hydroxylation is 2. The summed E-state index contributed by atoms with van der Waals surface area (Å²) in [5.41, 5.74) is 1.88. The van der Waals surface area contributed by atoms with E-state index in [1.165, 1.54) is 0 Å². The Morgan fingerprint density at radius 1 is 1.38 bits per heavy atom. The predicted octanol–water partition coefficient (Wildman–Crippen LogP) is 2.13. The summed E-state index contributed by atoms with van der Waals surface area (Å²) in [6, 6.07) is 7.10. The second-order valence-corrected chi connectivity index (χ2v) is 3.82. The van der Waals surface area contributed by atoms with Crippen LogP contribution in [0.4, 0.5) is 0 Å². The first kappa shape index (κ1) is 10.5. The molecule has 1 aromatic carbocycles. The van der Waals surface area contributed by atoms with E-state index >= 15 is 0 Å². The number of aromatic hydroxyl groups is 1. The molecule has 0 aliphatic carbocycles. The molecule has 0 spiro atoms. The highest BCUT2D eigenvalue weighted by Gasteiger charge is 2.07. The van der Waals surface area contributed by atoms with Crippen LogP contribution < -0.4 is 0 Å². The molecule has 0 amide bonds. The third-order valence-corrected chi connectivity index (χ3v) is 2.64. The van der Waals surface area contributed by atoms with Gasteiger partial charge in [-0.25, -0.2) is 0 Å². The van der Waals surface area contributed by atoms with Gasteiger partial charge in [-0.3, -0.25) is 4.79 Å². The molecule has 0 atom stereocenters. The lowest BCUT2D eigenvalue weighted by molar-refractivity contribution is -0.137. The Balaban J connectivity index is 2.45. The standard InChI is InChI=1S/C12H13NO3/c1-8-6-9-2-3-10(14)7-11(9)13(8)5-4-12(15)16/h2-3,6-7,14H,4-5H2,1H3,(H,15,16). The van der Waals surface area contributed by atoms with E-state index in [2.05, 4.69) is 0 Å². The number of carboxylic acids is 1. The number of carbonyl (C=O) groups is 1. The molecule has 0 saturated heterocycles. The Morgan fingerprint density at radius 3 is 2.81 bits per heavy atom. The van der Waals surface area contributed by atoms with Crippen LogP contribution in [0.5, 0.6) is 5.75 Å². The van der Waals surface area contributed by atoms with Gasteiger partial charge in [0.1, 0.15) is 5.75 Å². The van der Waals surface area contributed by atoms with Gasteiger partial charge in [0, 0.05) is 23.7 Å². The average molecular weight is 219 g/mol. The molecule has 0 aliphatic rings. The van der Waals surface area contributed by atoms with Crippen LogP contribution in [-0.4, -0.2) is 20.7 Å². The molecule has 4 nitrogen and oxygen atoms in total. The number of rotatable bonds is 3. The first-order valence-electron chi connectivity index (χ1n) is 5.08. The maximum absolute atomic E-state index is 10.5. The first-order valence-corrected chi connectivity index (χ1v) is 5.08. The van der Waals surface area contributed by atoms with Gasteiger partial charge in [0.2, 0.25) is 0 Å². The minimum Gasteiger partial charge on any atom is -0.508 e. The number of hydrogen-bond donors (Lipinski definition) is 2. The van der Waals surface area contributed by atoms with Crippen molar-refractivity contribution in [2.24, 2.45) is 0 Å². The van der Waals surface area contributed by atoms with Crippen molar-refractivity contribution in [1.82, 2.24) is 4.57 Å². The number of carboxylic acid groups (broad SMARTS) is 1. The number of fused-ring (bicyclic) bond motifs is 1. The second-order valence-electron chi connectivity index (χ2n) is 3.82. The monoisotopic (exact) mass is 219 g/mol. The molecule has 1 aromatic heterocycles. The van der Waals surface area contributed by atoms with E-state index in [0.29, 0.717) is 6.54 Å². The minimum absolute atomic E-state index is 0.0836. The van der Waals surface area contributed by atoms with Crippen LogP contribution in [0.25, 0.3) is 10.9 Å². The Kier molecular flexibility index (Phi) is 2.56. The van der Waals surface area contributed by atoms with Crippen LogP contribution in [-0.2, 0) is 11.3 Å². The van der Waals surface area contributed by atoms with Gasteiger partial charge in [0.25, 0.3) is 0 Å². The van der Waals surface area contributed by atoms with Crippen LogP contribution in [0.15, 0.2) is 24.3 Å². The third-order valence-electron chi connectivity index (χ3n) is 2.64. The zero-order valence-corrected chi connectivity index (χ0v) is 8.97. The third kappa shape index (κ3) is 1.86. The molecule has 0 fully saturated rings. The van der Waals surface area contributed by atoms with E-state index in [1.54, 1.807) is 12.1 Å². The van der Waals surface area contributed by atoms with Gasteiger partial charge >= 0.3 is 5.97 Å². The van der Waals surface area contributed by atoms with Crippen LogP contribution in [0.1, 0.15) is 12.1 Å². The van der Waals surface area contributed by atoms with Crippen molar-refractivity contribution in [3.63, 3.8) is 0 Å². The average Bonchev–Trinajstić information content (AvgIpc) is 2.51. The molecule has 2 aromatic rings. The van der Waals surface area contributed by atoms with Crippen molar-refractivity contribution in [3.05, 3.63) is 30.0 Å². The number of aliphatic carboxylic acids is 1. The normalized spacial score (nSPS) is 10.8. The van der Waals surface area contributed by atoms with Crippen LogP contribution >= 0.6 is 0 Å². The quantitative estimate of drug-likeness (QED) is 0.831. The zero-order chi connectivity index (χ0) is 11.7. The Hall–Kier alpha value is -1.97. The number of nitrogens with zero attached hydrogens (tertiary/aromatic N) is 1. The van der Waals surface area contributed by atoms with Gasteiger partial charge in [0.15, 0.2) is 0 Å². The highest BCUT2D eigenvalue weighted by atomic mass is 16.4. The maximum atomic E-state index is 10.5. The summed E-state index contributed by atoms with van der Waals surface area (Å²) in [5, 5.41) is 19.1. The molecule has 0 unspecified atom stereocenters. The number of phenolic OH excluding ortho intramolecular Hbond substituents is 1. The maximum Gasteiger partial charge on any atom is 0.305 e. The summed E-state index contributed by atoms with van der Waals surface area (Å²) in [6.45, 7) is 2.35. The van der Waals surface area contributed by atoms with Gasteiger partial charge < -0.3 is 14.8 Å². The molecular formula is C12H13NO3. The topological polar surface area (TPSA) is 62.5 Å². The number of aromatic nitrogens is 1. The first-order chi connectivity index (χ1) is 7.58. The summed E-state index contributed by atoms with van der Waals surface area (Å²) in [6.07, 6.45) is 0.0836. The van der Waals surface area contributed by atoms with Gasteiger partial charge in [-0.1, -0.05) is 0 Å². The van der Waals surface area contributed by atoms with Crippen molar-refractivity contribution in [2.45, 2.75) is 19.9 Å². The lowest BCUT2D eigenvalue weighted by atomic mass is 10.2. The van der Waals surface area contributed by atoms with Gasteiger partial charge in [-0.15, -0.1) is 0 Å². The Labute approximate surface area is 92.7 Å². The lowest BCUT2D eigenvalue weighted by Crippen LogP contribution is -2.05. The fraction of sp³-hybridized carbons (Fsp3) is 0.250. The summed E-state index contributed by atoms with van der Waals surface area (Å²) >= 11 is 0. The van der Waals surface area contributed by atoms with E-state index < -0.39 is 5.97 Å². The fourth-order valence-electron chi connectivity index (χ4n) is 1.89. The summed E-state index contributed by atoms with van der Waals surface area (Å²) in [7, 11) is 0. The van der Waals surface area contributed by atoms with E-state index in [-0.39, 0.29) is 12.2 Å². The molecule has 0 saturated carbocycles. The molecule has 2 N–H and O–H groups in total. The SMILES string of the molecule is Cc1cc2ccc(O)cc2n1CCC(=O)O. The van der Waals surface area contributed by atoms with E-state index in [9.17, 15) is 9.90 Å². The lowest BCUT2D eigenvalue weighted by Gasteiger charge is -2.06. The van der Waals surface area contributed by atoms with Crippen molar-refractivity contribution in [2.75, 3.05) is 0 Å². The predicted molar refractivity (Wildman–Crippen MR) is 60.6 cm³/mol. The zero-order valence-electron chi connectivity index (χ0n) is 8.97. The van der Waals surface area contributed by atoms with E-state index in [4.69, 9.17) is 5.11 Å². The second kappa shape index (κ2) is 3.89. The van der Waals surface area contributed by atoms with Crippen LogP contribution in [0.2, 0.25) is 0 Å². The molecule has 0 bridgehead atoms. The Morgan fingerprint density at radius 2 is 2.12 bits per heavy atom. The fourth-order valence-corrected chi connectivity index (χ4v) is 1.89. The van der Waals surface area contributed by atoms with Crippen LogP contribution in [0.3, 0.4) is 0 Å². The molecule has 4 heteroatoms. The van der Waals surface area contributed by atoms with Crippen molar-refractivity contribution >= 4 is 16.9 Å². The summed E-state index contributed by atoms with van der Waals surface area (Å²) in [5.74, 6) is -0.622. The van der Waals surface area contributed by atoms with Crippen molar-refractivity contribution in [1.29, 1.82) is 0 Å². The van der Waals surface area contributed by atoms with Gasteiger partial charge in [0.05, 0.1) is 11.9 Å². The molecule has 2 rings (SSSR count). The van der Waals surface area contributed by atoms with E-state index in [0.717, 1.165) is 16.6 Å². The summed E-state index contributed by atoms with van der Waals surface area (Å²) < 4.78 is 1.91. The summed E-state index contributed by atoms with van der Waals surface area (Å²) in [4.78, 5) is 10.5. The molecule has 84 valence electrons. The largest absolute Gasteiger partial charge is 0.508 e. The van der Waals surface area contributed by atoms with Gasteiger partial charge in [-0.05, 0) is 25.1 Å². The molecule has 1 heterocycles. The van der Waals surface area contributed by atoms with Crippen molar-refractivity contribution in [3.8, 4) is 5.75 Å². The van der Waals surface area contributed by atoms with Crippen LogP contribution in [0, 0.1) is 6.92 Å². The number of phenols is 1. The Bertz CT molecular complexity index is 542. The molecule has 16 heavy (non-hydrogen) atoms. The van der Waals surface area contributed by atoms with Gasteiger partial charge in [-0.2, -0.15) is 0 Å². The number of hydrogen-bond acceptors (Lipinski definition) is 2. The number of benzene rings is 1. The highest BCUT2D eigenvalue weighted by Crippen LogP contribution is 2.23. The van der Waals surface area contributed by atoms with E-state index in [1.807, 2.05) is 23.6 Å². The minimum atomic E-state index is -0.818. The van der Waals surface area contributed by atoms with Crippen molar-refractivity contribution < 1.29 is 15.0 Å². The molecule has 0 radical (unpaired) electrons. The smallest absolute Gasteiger partial charge is 0.305 e. The highest BCUT2D eigenvalue weighted by molar-refractivity contribution is 5.82. The molecular weight excluding hydrogens is 206 g/mol.